The molecule has 0 aliphatic carbocycles. The van der Waals surface area contributed by atoms with Gasteiger partial charge in [0.15, 0.2) is 0 Å². The van der Waals surface area contributed by atoms with Crippen LogP contribution in [0.3, 0.4) is 0 Å². The predicted molar refractivity (Wildman–Crippen MR) is 48.0 cm³/mol. The molecule has 0 unspecified atom stereocenters. The number of nitrogens with zero attached hydrogens (tertiary/aromatic N) is 2. The average molecular weight is 180 g/mol. The summed E-state index contributed by atoms with van der Waals surface area (Å²) in [5, 5.41) is 22.0. The van der Waals surface area contributed by atoms with E-state index in [9.17, 15) is 5.21 Å². The van der Waals surface area contributed by atoms with Crippen LogP contribution in [0.2, 0.25) is 0 Å². The molecule has 0 aromatic heterocycles. The molecule has 0 aliphatic heterocycles. The molecular weight excluding hydrogens is 168 g/mol. The Morgan fingerprint density at radius 1 is 1.38 bits per heavy atom. The van der Waals surface area contributed by atoms with Gasteiger partial charge in [-0.1, -0.05) is 32.0 Å². The number of rotatable bonds is 2. The molecule has 0 saturated carbocycles. The molecule has 0 heterocycles. The number of benzene rings is 1. The molecule has 0 bridgehead atoms. The van der Waals surface area contributed by atoms with Crippen LogP contribution in [0.5, 0.6) is 0 Å². The Kier molecular flexibility index (Phi) is 2.84. The van der Waals surface area contributed by atoms with Crippen molar-refractivity contribution in [1.82, 2.24) is 0 Å². The molecule has 0 fully saturated rings. The molecule has 4 nitrogen and oxygen atoms in total. The van der Waals surface area contributed by atoms with E-state index in [1.54, 1.807) is 12.1 Å². The van der Waals surface area contributed by atoms with Gasteiger partial charge in [-0.3, -0.25) is 0 Å². The molecule has 70 valence electrons. The highest BCUT2D eigenvalue weighted by Gasteiger charge is 2.13. The normalized spacial score (nSPS) is 12.1. The lowest BCUT2D eigenvalue weighted by molar-refractivity contribution is -0.474. The van der Waals surface area contributed by atoms with E-state index in [2.05, 4.69) is 5.28 Å². The minimum Gasteiger partial charge on any atom is -0.592 e. The first kappa shape index (κ1) is 9.51. The second kappa shape index (κ2) is 3.89. The number of hydrogen-bond acceptors (Lipinski definition) is 2. The Bertz CT molecular complexity index is 321. The molecule has 13 heavy (non-hydrogen) atoms. The zero-order valence-electron chi connectivity index (χ0n) is 7.64. The minimum atomic E-state index is 0.218. The fourth-order valence-electron chi connectivity index (χ4n) is 1.20. The monoisotopic (exact) mass is 180 g/mol. The van der Waals surface area contributed by atoms with Gasteiger partial charge in [-0.25, -0.2) is 0 Å². The Balaban J connectivity index is 3.20. The Hall–Kier alpha value is -1.58. The fraction of sp³-hybridized carbons (Fsp3) is 0.333. The van der Waals surface area contributed by atoms with Crippen LogP contribution in [0.1, 0.15) is 25.3 Å². The summed E-state index contributed by atoms with van der Waals surface area (Å²) in [5.74, 6) is 0.231. The predicted octanol–water partition coefficient (Wildman–Crippen LogP) is 2.79. The van der Waals surface area contributed by atoms with Crippen molar-refractivity contribution in [3.63, 3.8) is 0 Å². The van der Waals surface area contributed by atoms with Crippen LogP contribution in [-0.4, -0.2) is 10.1 Å². The van der Waals surface area contributed by atoms with Crippen molar-refractivity contribution >= 4 is 5.69 Å². The summed E-state index contributed by atoms with van der Waals surface area (Å²) in [4.78, 5) is 0.218. The van der Waals surface area contributed by atoms with Gasteiger partial charge in [-0.2, -0.15) is 0 Å². The highest BCUT2D eigenvalue weighted by molar-refractivity contribution is 5.41. The summed E-state index contributed by atoms with van der Waals surface area (Å²) >= 11 is 0. The van der Waals surface area contributed by atoms with Crippen molar-refractivity contribution in [2.75, 3.05) is 0 Å². The van der Waals surface area contributed by atoms with Gasteiger partial charge in [0.2, 0.25) is 5.28 Å². The van der Waals surface area contributed by atoms with E-state index in [4.69, 9.17) is 5.21 Å². The quantitative estimate of drug-likeness (QED) is 0.432. The fourth-order valence-corrected chi connectivity index (χ4v) is 1.20. The maximum atomic E-state index is 11.0. The largest absolute Gasteiger partial charge is 0.592 e. The molecule has 0 saturated heterocycles. The zero-order chi connectivity index (χ0) is 9.84. The van der Waals surface area contributed by atoms with Crippen LogP contribution in [0.25, 0.3) is 0 Å². The van der Waals surface area contributed by atoms with Gasteiger partial charge in [0, 0.05) is 11.6 Å². The smallest absolute Gasteiger partial charge is 0.251 e. The highest BCUT2D eigenvalue weighted by atomic mass is 16.6. The summed E-state index contributed by atoms with van der Waals surface area (Å²) in [6.07, 6.45) is 0. The van der Waals surface area contributed by atoms with Gasteiger partial charge in [0.1, 0.15) is 0 Å². The average Bonchev–Trinajstić information content (AvgIpc) is 2.16. The van der Waals surface area contributed by atoms with Crippen LogP contribution in [0, 0.1) is 5.21 Å². The zero-order valence-corrected chi connectivity index (χ0v) is 7.64. The topological polar surface area (TPSA) is 58.7 Å². The van der Waals surface area contributed by atoms with Gasteiger partial charge in [0.05, 0.1) is 0 Å². The molecule has 0 aliphatic rings. The molecule has 1 rings (SSSR count). The van der Waals surface area contributed by atoms with Gasteiger partial charge < -0.3 is 10.4 Å². The SMILES string of the molecule is CC(C)c1ccccc1[N+]([O-])=NO. The molecule has 0 radical (unpaired) electrons. The van der Waals surface area contributed by atoms with Crippen LogP contribution in [0.15, 0.2) is 29.5 Å². The van der Waals surface area contributed by atoms with Crippen molar-refractivity contribution in [3.8, 4) is 0 Å². The maximum Gasteiger partial charge on any atom is 0.251 e. The van der Waals surface area contributed by atoms with E-state index in [1.807, 2.05) is 26.0 Å². The Labute approximate surface area is 76.7 Å². The van der Waals surface area contributed by atoms with E-state index >= 15 is 0 Å². The first-order chi connectivity index (χ1) is 6.16. The van der Waals surface area contributed by atoms with Crippen molar-refractivity contribution in [2.24, 2.45) is 5.28 Å². The van der Waals surface area contributed by atoms with Crippen LogP contribution in [-0.2, 0) is 0 Å². The van der Waals surface area contributed by atoms with E-state index in [0.717, 1.165) is 5.56 Å². The van der Waals surface area contributed by atoms with Crippen LogP contribution in [0.4, 0.5) is 5.69 Å². The van der Waals surface area contributed by atoms with Gasteiger partial charge in [-0.05, 0) is 10.8 Å². The Morgan fingerprint density at radius 2 is 2.00 bits per heavy atom. The van der Waals surface area contributed by atoms with E-state index < -0.39 is 0 Å². The van der Waals surface area contributed by atoms with Gasteiger partial charge in [-0.15, -0.1) is 0 Å². The van der Waals surface area contributed by atoms with Crippen LogP contribution >= 0.6 is 0 Å². The molecule has 1 aromatic carbocycles. The second-order valence-electron chi connectivity index (χ2n) is 3.08. The lowest BCUT2D eigenvalue weighted by atomic mass is 10.0. The molecular formula is C9H12N2O2. The lowest BCUT2D eigenvalue weighted by Crippen LogP contribution is -1.97. The van der Waals surface area contributed by atoms with Crippen molar-refractivity contribution < 1.29 is 10.1 Å². The molecule has 0 amide bonds. The minimum absolute atomic E-state index is 0.218. The van der Waals surface area contributed by atoms with E-state index in [0.29, 0.717) is 5.69 Å². The lowest BCUT2D eigenvalue weighted by Gasteiger charge is -2.07. The summed E-state index contributed by atoms with van der Waals surface area (Å²) in [5.41, 5.74) is 1.26. The number of hydrogen-bond donors (Lipinski definition) is 1. The van der Waals surface area contributed by atoms with Gasteiger partial charge in [0.25, 0.3) is 5.69 Å². The highest BCUT2D eigenvalue weighted by Crippen LogP contribution is 2.25. The summed E-state index contributed by atoms with van der Waals surface area (Å²) in [6.45, 7) is 3.95. The van der Waals surface area contributed by atoms with Crippen LogP contribution < -0.4 is 0 Å². The van der Waals surface area contributed by atoms with Crippen molar-refractivity contribution in [2.45, 2.75) is 19.8 Å². The molecule has 0 atom stereocenters. The summed E-state index contributed by atoms with van der Waals surface area (Å²) in [7, 11) is 0. The Morgan fingerprint density at radius 3 is 2.54 bits per heavy atom. The first-order valence-electron chi connectivity index (χ1n) is 4.08. The third kappa shape index (κ3) is 1.96. The summed E-state index contributed by atoms with van der Waals surface area (Å²) in [6, 6.07) is 7.06. The second-order valence-corrected chi connectivity index (χ2v) is 3.08. The molecule has 4 heteroatoms. The first-order valence-corrected chi connectivity index (χ1v) is 4.08. The van der Waals surface area contributed by atoms with Crippen molar-refractivity contribution in [1.29, 1.82) is 0 Å². The maximum absolute atomic E-state index is 11.0. The summed E-state index contributed by atoms with van der Waals surface area (Å²) < 4.78 is 0. The number of para-hydroxylation sites is 1. The molecule has 1 aromatic rings. The molecule has 0 spiro atoms. The standard InChI is InChI=1S/C9H12N2O2/c1-7(2)8-5-3-4-6-9(8)11(13)10-12/h3-7,12H,1-2H3. The molecule has 1 N–H and O–H groups in total. The van der Waals surface area contributed by atoms with Crippen molar-refractivity contribution in [3.05, 3.63) is 35.0 Å². The third-order valence-electron chi connectivity index (χ3n) is 1.85. The van der Waals surface area contributed by atoms with Gasteiger partial charge >= 0.3 is 0 Å². The van der Waals surface area contributed by atoms with E-state index in [1.165, 1.54) is 0 Å². The third-order valence-corrected chi connectivity index (χ3v) is 1.85. The van der Waals surface area contributed by atoms with E-state index in [-0.39, 0.29) is 10.8 Å².